The van der Waals surface area contributed by atoms with Crippen LogP contribution < -0.4 is 0 Å². The van der Waals surface area contributed by atoms with Gasteiger partial charge in [-0.05, 0) is 63.7 Å². The average molecular weight is 560 g/mol. The van der Waals surface area contributed by atoms with Crippen LogP contribution in [0.25, 0.3) is 0 Å². The lowest BCUT2D eigenvalue weighted by Gasteiger charge is -2.42. The van der Waals surface area contributed by atoms with E-state index in [4.69, 9.17) is 4.43 Å². The number of rotatable bonds is 8. The molecule has 0 aliphatic carbocycles. The Hall–Kier alpha value is -1.74. The summed E-state index contributed by atoms with van der Waals surface area (Å²) < 4.78 is 7.88. The van der Waals surface area contributed by atoms with Gasteiger partial charge in [0.25, 0.3) is 0 Å². The number of halogens is 1. The second-order valence-corrected chi connectivity index (χ2v) is 17.0. The van der Waals surface area contributed by atoms with Crippen LogP contribution in [0.2, 0.25) is 18.1 Å². The van der Waals surface area contributed by atoms with Gasteiger partial charge in [0.15, 0.2) is 8.32 Å². The predicted molar refractivity (Wildman–Crippen MR) is 147 cm³/mol. The van der Waals surface area contributed by atoms with E-state index < -0.39 is 8.32 Å². The van der Waals surface area contributed by atoms with Gasteiger partial charge in [0.1, 0.15) is 0 Å². The van der Waals surface area contributed by atoms with Gasteiger partial charge in [0.2, 0.25) is 0 Å². The number of hydrogen-bond donors (Lipinski definition) is 0. The Kier molecular flexibility index (Phi) is 8.05. The van der Waals surface area contributed by atoms with Gasteiger partial charge in [0, 0.05) is 49.9 Å². The summed E-state index contributed by atoms with van der Waals surface area (Å²) in [6.45, 7) is 16.9. The third-order valence-corrected chi connectivity index (χ3v) is 12.7. The molecule has 0 saturated carbocycles. The van der Waals surface area contributed by atoms with E-state index in [1.807, 2.05) is 21.9 Å². The van der Waals surface area contributed by atoms with Gasteiger partial charge in [-0.3, -0.25) is 9.88 Å². The van der Waals surface area contributed by atoms with Gasteiger partial charge >= 0.3 is 6.03 Å². The molecule has 6 nitrogen and oxygen atoms in total. The molecule has 1 unspecified atom stereocenters. The summed E-state index contributed by atoms with van der Waals surface area (Å²) in [6.07, 6.45) is 2.85. The average Bonchev–Trinajstić information content (AvgIpc) is 3.13. The smallest absolute Gasteiger partial charge is 0.320 e. The molecular weight excluding hydrogens is 520 g/mol. The maximum Gasteiger partial charge on any atom is 0.320 e. The van der Waals surface area contributed by atoms with E-state index in [1.54, 1.807) is 6.20 Å². The minimum Gasteiger partial charge on any atom is -0.411 e. The second kappa shape index (κ2) is 10.7. The molecule has 2 amide bonds. The molecule has 0 bridgehead atoms. The van der Waals surface area contributed by atoms with E-state index in [-0.39, 0.29) is 17.2 Å². The molecule has 4 rings (SSSR count). The van der Waals surface area contributed by atoms with Gasteiger partial charge in [-0.15, -0.1) is 0 Å². The molecule has 1 saturated heterocycles. The zero-order chi connectivity index (χ0) is 25.2. The molecule has 1 fully saturated rings. The fourth-order valence-electron chi connectivity index (χ4n) is 4.61. The molecule has 8 heteroatoms. The number of hydrogen-bond acceptors (Lipinski definition) is 4. The van der Waals surface area contributed by atoms with Crippen LogP contribution in [0.5, 0.6) is 0 Å². The van der Waals surface area contributed by atoms with Crippen molar-refractivity contribution in [2.45, 2.75) is 64.5 Å². The van der Waals surface area contributed by atoms with E-state index in [2.05, 4.69) is 83.9 Å². The predicted octanol–water partition coefficient (Wildman–Crippen LogP) is 5.53. The number of carbonyl (C=O) groups excluding carboxylic acids is 1. The molecule has 35 heavy (non-hydrogen) atoms. The van der Waals surface area contributed by atoms with Crippen LogP contribution >= 0.6 is 15.9 Å². The molecule has 0 spiro atoms. The number of aromatic nitrogens is 1. The Bertz CT molecular complexity index is 1020. The SMILES string of the molecule is CC(C)(C)[Si](C)(C)OC(CN1CCc2ccccc2C1)CN1CCN(Cc2ccc(Br)cn2)C1=O. The van der Waals surface area contributed by atoms with Crippen molar-refractivity contribution in [3.8, 4) is 0 Å². The Labute approximate surface area is 219 Å². The summed E-state index contributed by atoms with van der Waals surface area (Å²) in [4.78, 5) is 24.1. The summed E-state index contributed by atoms with van der Waals surface area (Å²) in [6, 6.07) is 12.8. The minimum absolute atomic E-state index is 0.00383. The molecule has 0 N–H and O–H groups in total. The maximum atomic E-state index is 13.3. The molecule has 1 atom stereocenters. The summed E-state index contributed by atoms with van der Waals surface area (Å²) in [5.74, 6) is 0. The van der Waals surface area contributed by atoms with Crippen molar-refractivity contribution in [1.29, 1.82) is 0 Å². The van der Waals surface area contributed by atoms with Crippen molar-refractivity contribution in [3.05, 3.63) is 63.9 Å². The second-order valence-electron chi connectivity index (χ2n) is 11.4. The first kappa shape index (κ1) is 26.3. The molecule has 190 valence electrons. The molecule has 2 aromatic rings. The van der Waals surface area contributed by atoms with Gasteiger partial charge in [-0.1, -0.05) is 45.0 Å². The van der Waals surface area contributed by atoms with Crippen molar-refractivity contribution in [2.75, 3.05) is 32.7 Å². The van der Waals surface area contributed by atoms with E-state index in [0.717, 1.165) is 49.3 Å². The number of urea groups is 1. The van der Waals surface area contributed by atoms with Crippen LogP contribution in [0.4, 0.5) is 4.79 Å². The Morgan fingerprint density at radius 2 is 1.74 bits per heavy atom. The number of nitrogens with zero attached hydrogens (tertiary/aromatic N) is 4. The normalized spacial score (nSPS) is 18.2. The molecule has 1 aromatic carbocycles. The Balaban J connectivity index is 1.44. The van der Waals surface area contributed by atoms with Crippen LogP contribution in [0.3, 0.4) is 0 Å². The maximum absolute atomic E-state index is 13.3. The van der Waals surface area contributed by atoms with Crippen molar-refractivity contribution in [3.63, 3.8) is 0 Å². The fourth-order valence-corrected chi connectivity index (χ4v) is 6.18. The summed E-state index contributed by atoms with van der Waals surface area (Å²) >= 11 is 3.43. The summed E-state index contributed by atoms with van der Waals surface area (Å²) in [5, 5.41) is 0.119. The fraction of sp³-hybridized carbons (Fsp3) is 0.556. The molecule has 2 aliphatic heterocycles. The highest BCUT2D eigenvalue weighted by atomic mass is 79.9. The van der Waals surface area contributed by atoms with Gasteiger partial charge in [-0.2, -0.15) is 0 Å². The van der Waals surface area contributed by atoms with Crippen molar-refractivity contribution < 1.29 is 9.22 Å². The largest absolute Gasteiger partial charge is 0.411 e. The third kappa shape index (κ3) is 6.53. The lowest BCUT2D eigenvalue weighted by molar-refractivity contribution is 0.0878. The summed E-state index contributed by atoms with van der Waals surface area (Å²) in [7, 11) is -1.99. The lowest BCUT2D eigenvalue weighted by atomic mass is 10.00. The topological polar surface area (TPSA) is 48.9 Å². The van der Waals surface area contributed by atoms with Crippen molar-refractivity contribution >= 4 is 30.3 Å². The minimum atomic E-state index is -1.99. The van der Waals surface area contributed by atoms with Crippen LogP contribution in [-0.4, -0.2) is 72.9 Å². The molecule has 2 aliphatic rings. The first-order valence-electron chi connectivity index (χ1n) is 12.6. The number of fused-ring (bicyclic) bond motifs is 1. The number of amides is 2. The third-order valence-electron chi connectivity index (χ3n) is 7.69. The highest BCUT2D eigenvalue weighted by Crippen LogP contribution is 2.37. The first-order chi connectivity index (χ1) is 16.5. The monoisotopic (exact) mass is 558 g/mol. The molecule has 1 aromatic heterocycles. The van der Waals surface area contributed by atoms with E-state index in [9.17, 15) is 4.79 Å². The number of benzene rings is 1. The van der Waals surface area contributed by atoms with Gasteiger partial charge in [0.05, 0.1) is 18.3 Å². The molecular formula is C27H39BrN4O2Si. The van der Waals surface area contributed by atoms with Crippen LogP contribution in [0.1, 0.15) is 37.6 Å². The molecule has 3 heterocycles. The van der Waals surface area contributed by atoms with E-state index in [1.165, 1.54) is 11.1 Å². The quantitative estimate of drug-likeness (QED) is 0.399. The lowest BCUT2D eigenvalue weighted by Crippen LogP contribution is -2.51. The Morgan fingerprint density at radius 1 is 1.03 bits per heavy atom. The summed E-state index contributed by atoms with van der Waals surface area (Å²) in [5.41, 5.74) is 3.78. The van der Waals surface area contributed by atoms with Crippen molar-refractivity contribution in [1.82, 2.24) is 19.7 Å². The number of pyridine rings is 1. The van der Waals surface area contributed by atoms with Crippen LogP contribution in [0, 0.1) is 0 Å². The zero-order valence-corrected chi connectivity index (χ0v) is 24.3. The standard InChI is InChI=1S/C27H39BrN4O2Si/c1-27(2,3)35(4,5)34-25(19-30-13-12-21-8-6-7-9-22(21)17-30)20-32-15-14-31(26(32)33)18-24-11-10-23(28)16-29-24/h6-11,16,25H,12-15,17-20H2,1-5H3. The van der Waals surface area contributed by atoms with Crippen LogP contribution in [-0.2, 0) is 23.9 Å². The van der Waals surface area contributed by atoms with E-state index in [0.29, 0.717) is 13.1 Å². The highest BCUT2D eigenvalue weighted by molar-refractivity contribution is 9.10. The molecule has 0 radical (unpaired) electrons. The zero-order valence-electron chi connectivity index (χ0n) is 21.8. The van der Waals surface area contributed by atoms with Crippen molar-refractivity contribution in [2.24, 2.45) is 0 Å². The van der Waals surface area contributed by atoms with Gasteiger partial charge in [-0.25, -0.2) is 4.79 Å². The van der Waals surface area contributed by atoms with Gasteiger partial charge < -0.3 is 14.2 Å². The van der Waals surface area contributed by atoms with Crippen LogP contribution in [0.15, 0.2) is 47.1 Å². The number of carbonyl (C=O) groups is 1. The highest BCUT2D eigenvalue weighted by Gasteiger charge is 2.41. The first-order valence-corrected chi connectivity index (χ1v) is 16.3. The van der Waals surface area contributed by atoms with E-state index >= 15 is 0 Å². The Morgan fingerprint density at radius 3 is 2.43 bits per heavy atom.